The molecular weight excluding hydrogens is 279 g/mol. The van der Waals surface area contributed by atoms with Gasteiger partial charge in [-0.05, 0) is 61.7 Å². The van der Waals surface area contributed by atoms with Gasteiger partial charge in [0, 0.05) is 6.04 Å². The third-order valence-corrected chi connectivity index (χ3v) is 2.96. The van der Waals surface area contributed by atoms with Crippen molar-refractivity contribution in [3.8, 4) is 11.5 Å². The Labute approximate surface area is 121 Å². The number of hydrogen-bond acceptors (Lipinski definition) is 2. The van der Waals surface area contributed by atoms with Crippen LogP contribution >= 0.6 is 0 Å². The van der Waals surface area contributed by atoms with Crippen molar-refractivity contribution in [3.05, 3.63) is 58.9 Å². The van der Waals surface area contributed by atoms with Crippen molar-refractivity contribution in [2.45, 2.75) is 26.3 Å². The van der Waals surface area contributed by atoms with Crippen LogP contribution < -0.4 is 10.5 Å². The fraction of sp³-hybridized carbons (Fsp3) is 0.250. The second-order valence-corrected chi connectivity index (χ2v) is 5.08. The lowest BCUT2D eigenvalue weighted by Crippen LogP contribution is -2.18. The number of ether oxygens (including phenoxy) is 1. The van der Waals surface area contributed by atoms with E-state index in [4.69, 9.17) is 10.5 Å². The van der Waals surface area contributed by atoms with Crippen LogP contribution in [-0.4, -0.2) is 6.04 Å². The van der Waals surface area contributed by atoms with Gasteiger partial charge in [0.1, 0.15) is 11.6 Å². The molecule has 112 valence electrons. The van der Waals surface area contributed by atoms with Crippen LogP contribution in [0.5, 0.6) is 11.5 Å². The molecule has 0 fully saturated rings. The molecule has 2 rings (SSSR count). The summed E-state index contributed by atoms with van der Waals surface area (Å²) in [6, 6.07) is 5.92. The monoisotopic (exact) mass is 295 g/mol. The highest BCUT2D eigenvalue weighted by atomic mass is 19.1. The van der Waals surface area contributed by atoms with E-state index in [1.54, 1.807) is 13.8 Å². The maximum Gasteiger partial charge on any atom is 0.198 e. The zero-order valence-electron chi connectivity index (χ0n) is 11.8. The number of hydrogen-bond donors (Lipinski definition) is 1. The van der Waals surface area contributed by atoms with E-state index in [1.807, 2.05) is 0 Å². The molecule has 0 saturated carbocycles. The zero-order chi connectivity index (χ0) is 15.6. The molecule has 0 amide bonds. The van der Waals surface area contributed by atoms with Crippen molar-refractivity contribution in [3.63, 3.8) is 0 Å². The first-order valence-electron chi connectivity index (χ1n) is 6.54. The van der Waals surface area contributed by atoms with Crippen LogP contribution in [0.15, 0.2) is 30.3 Å². The molecule has 2 N–H and O–H groups in total. The van der Waals surface area contributed by atoms with E-state index in [0.29, 0.717) is 17.5 Å². The van der Waals surface area contributed by atoms with Crippen LogP contribution in [0, 0.1) is 24.4 Å². The lowest BCUT2D eigenvalue weighted by Gasteiger charge is -2.12. The molecule has 2 nitrogen and oxygen atoms in total. The lowest BCUT2D eigenvalue weighted by atomic mass is 10.1. The van der Waals surface area contributed by atoms with E-state index in [0.717, 1.165) is 0 Å². The molecule has 0 aliphatic heterocycles. The molecule has 0 heterocycles. The largest absolute Gasteiger partial charge is 0.451 e. The van der Waals surface area contributed by atoms with Crippen molar-refractivity contribution in [2.75, 3.05) is 0 Å². The van der Waals surface area contributed by atoms with Gasteiger partial charge >= 0.3 is 0 Å². The molecular formula is C16H16F3NO. The third-order valence-electron chi connectivity index (χ3n) is 2.96. The Morgan fingerprint density at radius 1 is 1.10 bits per heavy atom. The average molecular weight is 295 g/mol. The maximum absolute atomic E-state index is 14.0. The summed E-state index contributed by atoms with van der Waals surface area (Å²) in [5.74, 6) is -2.36. The minimum absolute atomic E-state index is 0.199. The van der Waals surface area contributed by atoms with E-state index in [-0.39, 0.29) is 11.8 Å². The SMILES string of the molecule is Cc1cc(F)ccc1Oc1c(F)cc(CC(C)N)cc1F. The van der Waals surface area contributed by atoms with Crippen molar-refractivity contribution >= 4 is 0 Å². The minimum atomic E-state index is -0.811. The zero-order valence-corrected chi connectivity index (χ0v) is 11.8. The van der Waals surface area contributed by atoms with Crippen LogP contribution in [0.3, 0.4) is 0 Å². The van der Waals surface area contributed by atoms with Crippen LogP contribution in [0.2, 0.25) is 0 Å². The van der Waals surface area contributed by atoms with Gasteiger partial charge in [-0.3, -0.25) is 0 Å². The molecule has 1 atom stereocenters. The van der Waals surface area contributed by atoms with Gasteiger partial charge in [0.2, 0.25) is 0 Å². The molecule has 2 aromatic rings. The van der Waals surface area contributed by atoms with E-state index in [9.17, 15) is 13.2 Å². The van der Waals surface area contributed by atoms with Crippen LogP contribution in [0.25, 0.3) is 0 Å². The molecule has 0 saturated heterocycles. The average Bonchev–Trinajstić information content (AvgIpc) is 2.35. The second-order valence-electron chi connectivity index (χ2n) is 5.08. The Bertz CT molecular complexity index is 633. The Morgan fingerprint density at radius 2 is 1.71 bits per heavy atom. The Kier molecular flexibility index (Phi) is 4.53. The van der Waals surface area contributed by atoms with Gasteiger partial charge < -0.3 is 10.5 Å². The summed E-state index contributed by atoms with van der Waals surface area (Å²) in [5.41, 5.74) is 6.52. The summed E-state index contributed by atoms with van der Waals surface area (Å²) in [7, 11) is 0. The highest BCUT2D eigenvalue weighted by molar-refractivity contribution is 5.39. The number of rotatable bonds is 4. The normalized spacial score (nSPS) is 12.3. The van der Waals surface area contributed by atoms with Gasteiger partial charge in [0.15, 0.2) is 17.4 Å². The quantitative estimate of drug-likeness (QED) is 0.922. The van der Waals surface area contributed by atoms with Crippen LogP contribution in [-0.2, 0) is 6.42 Å². The summed E-state index contributed by atoms with van der Waals surface area (Å²) in [6.45, 7) is 3.35. The van der Waals surface area contributed by atoms with Crippen molar-refractivity contribution in [1.82, 2.24) is 0 Å². The Balaban J connectivity index is 2.32. The van der Waals surface area contributed by atoms with E-state index in [2.05, 4.69) is 0 Å². The van der Waals surface area contributed by atoms with Gasteiger partial charge in [-0.25, -0.2) is 13.2 Å². The lowest BCUT2D eigenvalue weighted by molar-refractivity contribution is 0.403. The van der Waals surface area contributed by atoms with Crippen LogP contribution in [0.4, 0.5) is 13.2 Å². The van der Waals surface area contributed by atoms with E-state index >= 15 is 0 Å². The number of halogens is 3. The predicted octanol–water partition coefficient (Wildman–Crippen LogP) is 4.09. The van der Waals surface area contributed by atoms with Crippen molar-refractivity contribution < 1.29 is 17.9 Å². The topological polar surface area (TPSA) is 35.2 Å². The second kappa shape index (κ2) is 6.18. The minimum Gasteiger partial charge on any atom is -0.451 e. The molecule has 5 heteroatoms. The third kappa shape index (κ3) is 3.76. The van der Waals surface area contributed by atoms with Crippen LogP contribution in [0.1, 0.15) is 18.1 Å². The molecule has 0 aliphatic carbocycles. The fourth-order valence-corrected chi connectivity index (χ4v) is 2.04. The van der Waals surface area contributed by atoms with Crippen molar-refractivity contribution in [1.29, 1.82) is 0 Å². The highest BCUT2D eigenvalue weighted by Crippen LogP contribution is 2.31. The standard InChI is InChI=1S/C16H16F3NO/c1-9-5-12(17)3-4-15(9)21-16-13(18)7-11(6-10(2)20)8-14(16)19/h3-5,7-8,10H,6,20H2,1-2H3. The van der Waals surface area contributed by atoms with Gasteiger partial charge in [-0.1, -0.05) is 0 Å². The highest BCUT2D eigenvalue weighted by Gasteiger charge is 2.15. The van der Waals surface area contributed by atoms with Gasteiger partial charge in [0.25, 0.3) is 0 Å². The molecule has 21 heavy (non-hydrogen) atoms. The first kappa shape index (κ1) is 15.4. The van der Waals surface area contributed by atoms with Gasteiger partial charge in [0.05, 0.1) is 0 Å². The molecule has 0 bridgehead atoms. The Hall–Kier alpha value is -2.01. The van der Waals surface area contributed by atoms with E-state index < -0.39 is 23.2 Å². The number of aryl methyl sites for hydroxylation is 1. The molecule has 2 aromatic carbocycles. The summed E-state index contributed by atoms with van der Waals surface area (Å²) >= 11 is 0. The van der Waals surface area contributed by atoms with E-state index in [1.165, 1.54) is 30.3 Å². The molecule has 0 radical (unpaired) electrons. The van der Waals surface area contributed by atoms with Gasteiger partial charge in [-0.2, -0.15) is 0 Å². The molecule has 1 unspecified atom stereocenters. The molecule has 0 aromatic heterocycles. The summed E-state index contributed by atoms with van der Waals surface area (Å²) in [4.78, 5) is 0. The van der Waals surface area contributed by atoms with Gasteiger partial charge in [-0.15, -0.1) is 0 Å². The van der Waals surface area contributed by atoms with Crippen molar-refractivity contribution in [2.24, 2.45) is 5.73 Å². The first-order valence-corrected chi connectivity index (χ1v) is 6.54. The predicted molar refractivity (Wildman–Crippen MR) is 74.9 cm³/mol. The summed E-state index contributed by atoms with van der Waals surface area (Å²) < 4.78 is 46.2. The maximum atomic E-state index is 14.0. The summed E-state index contributed by atoms with van der Waals surface area (Å²) in [6.07, 6.45) is 0.365. The smallest absolute Gasteiger partial charge is 0.198 e. The first-order chi connectivity index (χ1) is 9.86. The summed E-state index contributed by atoms with van der Waals surface area (Å²) in [5, 5.41) is 0. The fourth-order valence-electron chi connectivity index (χ4n) is 2.04. The molecule has 0 spiro atoms. The molecule has 0 aliphatic rings. The number of benzene rings is 2. The number of nitrogens with two attached hydrogens (primary N) is 1. The Morgan fingerprint density at radius 3 is 2.24 bits per heavy atom.